The van der Waals surface area contributed by atoms with Crippen LogP contribution in [0.1, 0.15) is 55.5 Å². The van der Waals surface area contributed by atoms with Gasteiger partial charge in [-0.15, -0.1) is 11.3 Å². The number of hydrogen-bond acceptors (Lipinski definition) is 7. The molecule has 0 atom stereocenters. The first-order chi connectivity index (χ1) is 16.8. The van der Waals surface area contributed by atoms with Gasteiger partial charge in [0.1, 0.15) is 6.61 Å². The summed E-state index contributed by atoms with van der Waals surface area (Å²) in [7, 11) is 0. The van der Waals surface area contributed by atoms with Gasteiger partial charge in [0.15, 0.2) is 10.8 Å². The highest BCUT2D eigenvalue weighted by atomic mass is 32.1. The molecule has 0 saturated heterocycles. The predicted molar refractivity (Wildman–Crippen MR) is 136 cm³/mol. The molecule has 0 bridgehead atoms. The summed E-state index contributed by atoms with van der Waals surface area (Å²) < 4.78 is 6.80. The van der Waals surface area contributed by atoms with Crippen LogP contribution in [0.15, 0.2) is 58.7 Å². The van der Waals surface area contributed by atoms with Gasteiger partial charge in [0.25, 0.3) is 5.56 Å². The van der Waals surface area contributed by atoms with E-state index in [0.717, 1.165) is 12.1 Å². The molecule has 9 heteroatoms. The summed E-state index contributed by atoms with van der Waals surface area (Å²) in [6, 6.07) is 14.4. The topological polar surface area (TPSA) is 94.4 Å². The molecule has 2 aromatic heterocycles. The largest absolute Gasteiger partial charge is 0.454 e. The molecule has 0 saturated carbocycles. The van der Waals surface area contributed by atoms with Crippen LogP contribution >= 0.6 is 11.3 Å². The molecule has 2 heterocycles. The quantitative estimate of drug-likeness (QED) is 0.337. The van der Waals surface area contributed by atoms with Gasteiger partial charge in [-0.2, -0.15) is 5.10 Å². The molecule has 35 heavy (non-hydrogen) atoms. The molecule has 0 N–H and O–H groups in total. The number of aromatic nitrogens is 3. The molecule has 0 radical (unpaired) electrons. The third-order valence-corrected chi connectivity index (χ3v) is 6.39. The molecule has 0 fully saturated rings. The summed E-state index contributed by atoms with van der Waals surface area (Å²) >= 11 is 1.29. The number of nitrogens with zero attached hydrogens (tertiary/aromatic N) is 4. The monoisotopic (exact) mass is 490 g/mol. The molecular formula is C26H26N4O4S. The number of ether oxygens (including phenoxy) is 1. The van der Waals surface area contributed by atoms with E-state index in [1.165, 1.54) is 33.4 Å². The second kappa shape index (κ2) is 10.2. The van der Waals surface area contributed by atoms with Crippen molar-refractivity contribution in [1.29, 1.82) is 0 Å². The van der Waals surface area contributed by atoms with Crippen molar-refractivity contribution in [3.05, 3.63) is 81.2 Å². The zero-order valence-corrected chi connectivity index (χ0v) is 20.8. The van der Waals surface area contributed by atoms with Crippen LogP contribution in [-0.2, 0) is 22.6 Å². The van der Waals surface area contributed by atoms with Crippen molar-refractivity contribution >= 4 is 44.8 Å². The van der Waals surface area contributed by atoms with Crippen molar-refractivity contribution in [2.75, 3.05) is 4.90 Å². The summed E-state index contributed by atoms with van der Waals surface area (Å²) in [6.45, 7) is 7.11. The molecular weight excluding hydrogens is 464 g/mol. The molecule has 4 rings (SSSR count). The summed E-state index contributed by atoms with van der Waals surface area (Å²) in [5.74, 6) is -0.817. The fourth-order valence-electron chi connectivity index (χ4n) is 3.69. The molecule has 8 nitrogen and oxygen atoms in total. The first kappa shape index (κ1) is 24.3. The van der Waals surface area contributed by atoms with Crippen LogP contribution in [-0.4, -0.2) is 26.6 Å². The van der Waals surface area contributed by atoms with Gasteiger partial charge in [-0.3, -0.25) is 14.5 Å². The van der Waals surface area contributed by atoms with E-state index in [9.17, 15) is 14.4 Å². The van der Waals surface area contributed by atoms with Gasteiger partial charge in [0.05, 0.1) is 22.8 Å². The number of anilines is 2. The lowest BCUT2D eigenvalue weighted by molar-refractivity contribution is -0.115. The minimum Gasteiger partial charge on any atom is -0.454 e. The highest BCUT2D eigenvalue weighted by molar-refractivity contribution is 7.14. The van der Waals surface area contributed by atoms with Gasteiger partial charge in [0, 0.05) is 17.7 Å². The maximum Gasteiger partial charge on any atom is 0.359 e. The Kier molecular flexibility index (Phi) is 7.07. The minimum absolute atomic E-state index is 0.0747. The van der Waals surface area contributed by atoms with Gasteiger partial charge < -0.3 is 4.74 Å². The third-order valence-electron chi connectivity index (χ3n) is 5.51. The maximum atomic E-state index is 13.0. The molecule has 0 unspecified atom stereocenters. The number of carbonyl (C=O) groups is 2. The highest BCUT2D eigenvalue weighted by Gasteiger charge is 2.21. The Labute approximate surface area is 206 Å². The van der Waals surface area contributed by atoms with Gasteiger partial charge in [-0.1, -0.05) is 37.3 Å². The Balaban J connectivity index is 1.56. The summed E-state index contributed by atoms with van der Waals surface area (Å²) in [5, 5.41) is 7.37. The standard InChI is InChI=1S/C26H26N4O4S/c1-5-18-10-12-20(13-11-18)29(17(4)31)26-27-19(15-35-26)14-34-25(33)23-21-8-6-7-9-22(21)24(32)30(28-23)16(2)3/h6-13,15-16H,5,14H2,1-4H3. The van der Waals surface area contributed by atoms with Crippen molar-refractivity contribution in [1.82, 2.24) is 14.8 Å². The minimum atomic E-state index is -0.649. The molecule has 0 aliphatic carbocycles. The predicted octanol–water partition coefficient (Wildman–Crippen LogP) is 5.04. The van der Waals surface area contributed by atoms with Crippen molar-refractivity contribution in [2.24, 2.45) is 0 Å². The lowest BCUT2D eigenvalue weighted by Gasteiger charge is -2.18. The van der Waals surface area contributed by atoms with Crippen LogP contribution in [0.5, 0.6) is 0 Å². The first-order valence-corrected chi connectivity index (χ1v) is 12.2. The number of thiazole rings is 1. The average Bonchev–Trinajstić information content (AvgIpc) is 3.31. The zero-order chi connectivity index (χ0) is 25.1. The number of amides is 1. The highest BCUT2D eigenvalue weighted by Crippen LogP contribution is 2.29. The number of hydrogen-bond donors (Lipinski definition) is 0. The smallest absolute Gasteiger partial charge is 0.359 e. The molecule has 0 spiro atoms. The second-order valence-electron chi connectivity index (χ2n) is 8.31. The summed E-state index contributed by atoms with van der Waals surface area (Å²) in [5.41, 5.74) is 2.22. The molecule has 2 aromatic carbocycles. The Morgan fingerprint density at radius 1 is 1.09 bits per heavy atom. The molecule has 0 aliphatic heterocycles. The maximum absolute atomic E-state index is 13.0. The summed E-state index contributed by atoms with van der Waals surface area (Å²) in [6.07, 6.45) is 0.909. The van der Waals surface area contributed by atoms with E-state index < -0.39 is 5.97 Å². The van der Waals surface area contributed by atoms with Crippen molar-refractivity contribution in [2.45, 2.75) is 46.8 Å². The number of esters is 1. The number of benzene rings is 2. The van der Waals surface area contributed by atoms with Crippen LogP contribution in [0, 0.1) is 0 Å². The van der Waals surface area contributed by atoms with Crippen molar-refractivity contribution in [3.8, 4) is 0 Å². The second-order valence-corrected chi connectivity index (χ2v) is 9.15. The zero-order valence-electron chi connectivity index (χ0n) is 20.0. The van der Waals surface area contributed by atoms with E-state index in [0.29, 0.717) is 21.6 Å². The van der Waals surface area contributed by atoms with Crippen molar-refractivity contribution in [3.63, 3.8) is 0 Å². The van der Waals surface area contributed by atoms with E-state index in [1.54, 1.807) is 29.6 Å². The fourth-order valence-corrected chi connectivity index (χ4v) is 4.56. The summed E-state index contributed by atoms with van der Waals surface area (Å²) in [4.78, 5) is 44.1. The molecule has 0 aliphatic rings. The van der Waals surface area contributed by atoms with E-state index in [-0.39, 0.29) is 29.8 Å². The van der Waals surface area contributed by atoms with Crippen LogP contribution in [0.3, 0.4) is 0 Å². The number of carbonyl (C=O) groups excluding carboxylic acids is 2. The Bertz CT molecular complexity index is 1440. The fraction of sp³-hybridized carbons (Fsp3) is 0.269. The van der Waals surface area contributed by atoms with Gasteiger partial charge in [0.2, 0.25) is 5.91 Å². The van der Waals surface area contributed by atoms with E-state index >= 15 is 0 Å². The number of fused-ring (bicyclic) bond motifs is 1. The Morgan fingerprint density at radius 3 is 2.40 bits per heavy atom. The van der Waals surface area contributed by atoms with Crippen LogP contribution < -0.4 is 10.5 Å². The Morgan fingerprint density at radius 2 is 1.77 bits per heavy atom. The normalized spacial score (nSPS) is 11.1. The number of aryl methyl sites for hydroxylation is 1. The molecule has 4 aromatic rings. The van der Waals surface area contributed by atoms with Gasteiger partial charge in [-0.25, -0.2) is 14.5 Å². The van der Waals surface area contributed by atoms with Crippen LogP contribution in [0.25, 0.3) is 10.8 Å². The first-order valence-electron chi connectivity index (χ1n) is 11.3. The van der Waals surface area contributed by atoms with E-state index in [4.69, 9.17) is 4.74 Å². The average molecular weight is 491 g/mol. The Hall–Kier alpha value is -3.85. The van der Waals surface area contributed by atoms with Crippen molar-refractivity contribution < 1.29 is 14.3 Å². The lowest BCUT2D eigenvalue weighted by Crippen LogP contribution is -2.27. The number of rotatable bonds is 7. The molecule has 180 valence electrons. The van der Waals surface area contributed by atoms with E-state index in [1.807, 2.05) is 38.1 Å². The SMILES string of the molecule is CCc1ccc(N(C(C)=O)c2nc(COC(=O)c3nn(C(C)C)c(=O)c4ccccc34)cs2)cc1. The van der Waals surface area contributed by atoms with E-state index in [2.05, 4.69) is 17.0 Å². The van der Waals surface area contributed by atoms with Crippen LogP contribution in [0.4, 0.5) is 10.8 Å². The van der Waals surface area contributed by atoms with Gasteiger partial charge >= 0.3 is 5.97 Å². The molecule has 1 amide bonds. The van der Waals surface area contributed by atoms with Crippen LogP contribution in [0.2, 0.25) is 0 Å². The van der Waals surface area contributed by atoms with Gasteiger partial charge in [-0.05, 0) is 44.0 Å². The lowest BCUT2D eigenvalue weighted by atomic mass is 10.1. The third kappa shape index (κ3) is 5.00.